The number of allylic oxidation sites excluding steroid dienone is 1. The van der Waals surface area contributed by atoms with E-state index in [0.29, 0.717) is 0 Å². The molecule has 2 N–H and O–H groups in total. The Bertz CT molecular complexity index is 219. The quantitative estimate of drug-likeness (QED) is 0.551. The summed E-state index contributed by atoms with van der Waals surface area (Å²) in [5.74, 6) is 0.896. The molecular formula is C14H26N2. The first-order chi connectivity index (χ1) is 7.92. The molecule has 3 unspecified atom stereocenters. The highest BCUT2D eigenvalue weighted by Crippen LogP contribution is 2.31. The SMILES string of the molecule is C/C=C/CCNC1CCCC1C1CCCN1. The van der Waals surface area contributed by atoms with Gasteiger partial charge in [-0.1, -0.05) is 18.6 Å². The predicted molar refractivity (Wildman–Crippen MR) is 69.6 cm³/mol. The Labute approximate surface area is 99.9 Å². The second kappa shape index (κ2) is 6.41. The summed E-state index contributed by atoms with van der Waals surface area (Å²) in [7, 11) is 0. The van der Waals surface area contributed by atoms with Gasteiger partial charge >= 0.3 is 0 Å². The lowest BCUT2D eigenvalue weighted by molar-refractivity contribution is 0.323. The van der Waals surface area contributed by atoms with E-state index in [1.54, 1.807) is 0 Å². The normalized spacial score (nSPS) is 35.2. The van der Waals surface area contributed by atoms with Gasteiger partial charge in [0.15, 0.2) is 0 Å². The Kier molecular flexibility index (Phi) is 4.86. The van der Waals surface area contributed by atoms with Gasteiger partial charge in [-0.15, -0.1) is 0 Å². The lowest BCUT2D eigenvalue weighted by Crippen LogP contribution is -2.42. The fourth-order valence-electron chi connectivity index (χ4n) is 3.32. The fourth-order valence-corrected chi connectivity index (χ4v) is 3.32. The van der Waals surface area contributed by atoms with Crippen molar-refractivity contribution in [3.63, 3.8) is 0 Å². The first kappa shape index (κ1) is 12.1. The van der Waals surface area contributed by atoms with Crippen molar-refractivity contribution in [1.82, 2.24) is 10.6 Å². The van der Waals surface area contributed by atoms with E-state index in [9.17, 15) is 0 Å². The minimum Gasteiger partial charge on any atom is -0.314 e. The number of nitrogens with one attached hydrogen (secondary N) is 2. The second-order valence-electron chi connectivity index (χ2n) is 5.22. The summed E-state index contributed by atoms with van der Waals surface area (Å²) in [6.07, 6.45) is 12.6. The molecule has 3 atom stereocenters. The molecular weight excluding hydrogens is 196 g/mol. The first-order valence-electron chi connectivity index (χ1n) is 6.99. The zero-order chi connectivity index (χ0) is 11.2. The zero-order valence-corrected chi connectivity index (χ0v) is 10.5. The molecule has 2 aliphatic rings. The summed E-state index contributed by atoms with van der Waals surface area (Å²) in [4.78, 5) is 0. The Balaban J connectivity index is 1.74. The third-order valence-electron chi connectivity index (χ3n) is 4.14. The third-order valence-corrected chi connectivity index (χ3v) is 4.14. The van der Waals surface area contributed by atoms with Crippen molar-refractivity contribution in [2.75, 3.05) is 13.1 Å². The molecule has 2 nitrogen and oxygen atoms in total. The number of rotatable bonds is 5. The molecule has 0 aromatic rings. The molecule has 0 aromatic carbocycles. The minimum atomic E-state index is 0.779. The van der Waals surface area contributed by atoms with Gasteiger partial charge in [-0.2, -0.15) is 0 Å². The molecule has 0 aromatic heterocycles. The summed E-state index contributed by atoms with van der Waals surface area (Å²) in [6, 6.07) is 1.59. The lowest BCUT2D eigenvalue weighted by Gasteiger charge is -2.26. The van der Waals surface area contributed by atoms with E-state index >= 15 is 0 Å². The van der Waals surface area contributed by atoms with E-state index < -0.39 is 0 Å². The van der Waals surface area contributed by atoms with Crippen LogP contribution in [0.15, 0.2) is 12.2 Å². The molecule has 2 fully saturated rings. The van der Waals surface area contributed by atoms with Gasteiger partial charge in [0.05, 0.1) is 0 Å². The van der Waals surface area contributed by atoms with Gasteiger partial charge in [-0.3, -0.25) is 0 Å². The zero-order valence-electron chi connectivity index (χ0n) is 10.5. The monoisotopic (exact) mass is 222 g/mol. The molecule has 1 aliphatic heterocycles. The highest BCUT2D eigenvalue weighted by atomic mass is 15.0. The molecule has 1 heterocycles. The molecule has 16 heavy (non-hydrogen) atoms. The van der Waals surface area contributed by atoms with Gasteiger partial charge in [0.1, 0.15) is 0 Å². The predicted octanol–water partition coefficient (Wildman–Crippen LogP) is 2.46. The van der Waals surface area contributed by atoms with E-state index in [1.807, 2.05) is 0 Å². The van der Waals surface area contributed by atoms with Crippen molar-refractivity contribution < 1.29 is 0 Å². The maximum absolute atomic E-state index is 3.75. The first-order valence-corrected chi connectivity index (χ1v) is 6.99. The molecule has 0 radical (unpaired) electrons. The van der Waals surface area contributed by atoms with Gasteiger partial charge in [0, 0.05) is 12.1 Å². The van der Waals surface area contributed by atoms with E-state index in [0.717, 1.165) is 24.5 Å². The maximum Gasteiger partial charge on any atom is 0.0111 e. The summed E-state index contributed by atoms with van der Waals surface area (Å²) >= 11 is 0. The molecule has 92 valence electrons. The van der Waals surface area contributed by atoms with E-state index in [2.05, 4.69) is 29.7 Å². The molecule has 1 saturated carbocycles. The molecule has 1 aliphatic carbocycles. The van der Waals surface area contributed by atoms with Crippen LogP contribution in [0.2, 0.25) is 0 Å². The summed E-state index contributed by atoms with van der Waals surface area (Å²) in [6.45, 7) is 4.49. The number of hydrogen-bond donors (Lipinski definition) is 2. The minimum absolute atomic E-state index is 0.779. The van der Waals surface area contributed by atoms with Gasteiger partial charge in [-0.25, -0.2) is 0 Å². The average molecular weight is 222 g/mol. The largest absolute Gasteiger partial charge is 0.314 e. The lowest BCUT2D eigenvalue weighted by atomic mass is 9.93. The van der Waals surface area contributed by atoms with Crippen LogP contribution in [0.25, 0.3) is 0 Å². The van der Waals surface area contributed by atoms with Crippen LogP contribution in [0, 0.1) is 5.92 Å². The van der Waals surface area contributed by atoms with Crippen molar-refractivity contribution in [3.05, 3.63) is 12.2 Å². The van der Waals surface area contributed by atoms with Gasteiger partial charge in [0.25, 0.3) is 0 Å². The van der Waals surface area contributed by atoms with Gasteiger partial charge in [0.2, 0.25) is 0 Å². The van der Waals surface area contributed by atoms with Crippen LogP contribution in [0.1, 0.15) is 45.4 Å². The van der Waals surface area contributed by atoms with Crippen LogP contribution in [-0.2, 0) is 0 Å². The van der Waals surface area contributed by atoms with Crippen molar-refractivity contribution in [2.24, 2.45) is 5.92 Å². The van der Waals surface area contributed by atoms with Crippen molar-refractivity contribution in [2.45, 2.75) is 57.5 Å². The van der Waals surface area contributed by atoms with Gasteiger partial charge < -0.3 is 10.6 Å². The highest BCUT2D eigenvalue weighted by molar-refractivity contribution is 4.93. The van der Waals surface area contributed by atoms with E-state index in [-0.39, 0.29) is 0 Å². The van der Waals surface area contributed by atoms with Crippen LogP contribution in [0.3, 0.4) is 0 Å². The van der Waals surface area contributed by atoms with Crippen molar-refractivity contribution in [3.8, 4) is 0 Å². The summed E-state index contributed by atoms with van der Waals surface area (Å²) < 4.78 is 0. The average Bonchev–Trinajstić information content (AvgIpc) is 2.94. The Morgan fingerprint density at radius 2 is 2.19 bits per heavy atom. The Hall–Kier alpha value is -0.340. The van der Waals surface area contributed by atoms with Crippen molar-refractivity contribution in [1.29, 1.82) is 0 Å². The van der Waals surface area contributed by atoms with Crippen LogP contribution < -0.4 is 10.6 Å². The summed E-state index contributed by atoms with van der Waals surface area (Å²) in [5.41, 5.74) is 0. The fraction of sp³-hybridized carbons (Fsp3) is 0.857. The summed E-state index contributed by atoms with van der Waals surface area (Å²) in [5, 5.41) is 7.43. The standard InChI is InChI=1S/C14H26N2/c1-2-3-4-10-15-13-8-5-7-12(13)14-9-6-11-16-14/h2-3,12-16H,4-11H2,1H3/b3-2+. The molecule has 0 amide bonds. The molecule has 0 bridgehead atoms. The van der Waals surface area contributed by atoms with Gasteiger partial charge in [-0.05, 0) is 58.0 Å². The smallest absolute Gasteiger partial charge is 0.0111 e. The second-order valence-corrected chi connectivity index (χ2v) is 5.22. The van der Waals surface area contributed by atoms with Crippen LogP contribution >= 0.6 is 0 Å². The molecule has 0 spiro atoms. The Morgan fingerprint density at radius 1 is 1.25 bits per heavy atom. The topological polar surface area (TPSA) is 24.1 Å². The number of hydrogen-bond acceptors (Lipinski definition) is 2. The molecule has 2 heteroatoms. The van der Waals surface area contributed by atoms with Crippen molar-refractivity contribution >= 4 is 0 Å². The van der Waals surface area contributed by atoms with Crippen LogP contribution in [0.5, 0.6) is 0 Å². The molecule has 2 rings (SSSR count). The van der Waals surface area contributed by atoms with Crippen LogP contribution in [-0.4, -0.2) is 25.2 Å². The molecule has 1 saturated heterocycles. The highest BCUT2D eigenvalue weighted by Gasteiger charge is 2.34. The van der Waals surface area contributed by atoms with E-state index in [1.165, 1.54) is 45.1 Å². The third kappa shape index (κ3) is 3.08. The maximum atomic E-state index is 3.75. The Morgan fingerprint density at radius 3 is 2.94 bits per heavy atom. The van der Waals surface area contributed by atoms with E-state index in [4.69, 9.17) is 0 Å². The van der Waals surface area contributed by atoms with Crippen LogP contribution in [0.4, 0.5) is 0 Å².